The van der Waals surface area contributed by atoms with Gasteiger partial charge in [0.15, 0.2) is 9.84 Å². The van der Waals surface area contributed by atoms with E-state index in [0.29, 0.717) is 12.8 Å². The Hall–Kier alpha value is -1.95. The molecule has 11 heteroatoms. The molecule has 0 N–H and O–H groups in total. The van der Waals surface area contributed by atoms with Gasteiger partial charge in [0, 0.05) is 35.4 Å². The molecule has 2 aliphatic rings. The molecule has 1 amide bonds. The molecular formula is C20H21BrN2O6S2. The number of sulfone groups is 1. The number of ether oxygens (including phenoxy) is 1. The van der Waals surface area contributed by atoms with Crippen LogP contribution in [0.3, 0.4) is 0 Å². The van der Waals surface area contributed by atoms with Gasteiger partial charge in [-0.3, -0.25) is 4.90 Å². The molecule has 8 nitrogen and oxygen atoms in total. The highest BCUT2D eigenvalue weighted by molar-refractivity contribution is 9.10. The van der Waals surface area contributed by atoms with Gasteiger partial charge in [0.2, 0.25) is 10.0 Å². The standard InChI is InChI=1S/C20H21BrN2O6S2/c1-30(25,26)18-4-2-3-5-19(18)31(27,28)22-10-8-16(9-11-22)23-17-7-6-15(21)12-14(17)13-29-20(23)24/h2-7,12,16H,8-11,13H2,1H3. The average Bonchev–Trinajstić information content (AvgIpc) is 2.73. The highest BCUT2D eigenvalue weighted by atomic mass is 79.9. The SMILES string of the molecule is CS(=O)(=O)c1ccccc1S(=O)(=O)N1CCC(N2C(=O)OCc3cc(Br)ccc32)CC1. The molecule has 2 heterocycles. The van der Waals surface area contributed by atoms with Crippen LogP contribution in [0.2, 0.25) is 0 Å². The lowest BCUT2D eigenvalue weighted by atomic mass is 10.0. The van der Waals surface area contributed by atoms with Crippen LogP contribution < -0.4 is 4.90 Å². The van der Waals surface area contributed by atoms with E-state index in [1.165, 1.54) is 28.6 Å². The number of cyclic esters (lactones) is 1. The van der Waals surface area contributed by atoms with Crippen LogP contribution >= 0.6 is 15.9 Å². The van der Waals surface area contributed by atoms with Crippen molar-refractivity contribution in [1.82, 2.24) is 4.31 Å². The van der Waals surface area contributed by atoms with Crippen LogP contribution in [-0.2, 0) is 31.2 Å². The van der Waals surface area contributed by atoms with Gasteiger partial charge in [-0.05, 0) is 43.2 Å². The van der Waals surface area contributed by atoms with Crippen LogP contribution in [0.5, 0.6) is 0 Å². The van der Waals surface area contributed by atoms with Gasteiger partial charge in [0.05, 0.1) is 10.6 Å². The van der Waals surface area contributed by atoms with Crippen molar-refractivity contribution in [1.29, 1.82) is 0 Å². The molecule has 0 saturated carbocycles. The lowest BCUT2D eigenvalue weighted by Gasteiger charge is -2.39. The first-order chi connectivity index (χ1) is 14.6. The first kappa shape index (κ1) is 22.3. The summed E-state index contributed by atoms with van der Waals surface area (Å²) in [6.45, 7) is 0.529. The lowest BCUT2D eigenvalue weighted by molar-refractivity contribution is 0.135. The molecule has 4 rings (SSSR count). The number of carbonyl (C=O) groups is 1. The maximum atomic E-state index is 13.2. The average molecular weight is 529 g/mol. The number of carbonyl (C=O) groups excluding carboxylic acids is 1. The highest BCUT2D eigenvalue weighted by Gasteiger charge is 2.38. The van der Waals surface area contributed by atoms with Crippen molar-refractivity contribution < 1.29 is 26.4 Å². The van der Waals surface area contributed by atoms with E-state index in [-0.39, 0.29) is 35.5 Å². The predicted molar refractivity (Wildman–Crippen MR) is 118 cm³/mol. The molecule has 1 saturated heterocycles. The van der Waals surface area contributed by atoms with E-state index in [2.05, 4.69) is 15.9 Å². The molecule has 31 heavy (non-hydrogen) atoms. The lowest BCUT2D eigenvalue weighted by Crippen LogP contribution is -2.50. The maximum absolute atomic E-state index is 13.2. The molecule has 0 radical (unpaired) electrons. The third-order valence-corrected chi connectivity index (χ3v) is 9.24. The van der Waals surface area contributed by atoms with Crippen LogP contribution in [0.15, 0.2) is 56.7 Å². The summed E-state index contributed by atoms with van der Waals surface area (Å²) in [4.78, 5) is 13.7. The fourth-order valence-corrected chi connectivity index (χ4v) is 7.49. The molecule has 1 fully saturated rings. The molecule has 2 aromatic rings. The minimum Gasteiger partial charge on any atom is -0.444 e. The Labute approximate surface area is 189 Å². The Morgan fingerprint density at radius 3 is 2.29 bits per heavy atom. The minimum absolute atomic E-state index is 0.167. The number of piperidine rings is 1. The molecule has 0 unspecified atom stereocenters. The second kappa shape index (κ2) is 8.19. The van der Waals surface area contributed by atoms with Gasteiger partial charge in [0.25, 0.3) is 0 Å². The van der Waals surface area contributed by atoms with Gasteiger partial charge in [-0.15, -0.1) is 0 Å². The fraction of sp³-hybridized carbons (Fsp3) is 0.350. The van der Waals surface area contributed by atoms with E-state index in [1.54, 1.807) is 4.90 Å². The van der Waals surface area contributed by atoms with Gasteiger partial charge in [0.1, 0.15) is 11.5 Å². The van der Waals surface area contributed by atoms with Gasteiger partial charge in [-0.25, -0.2) is 21.6 Å². The number of nitrogens with zero attached hydrogens (tertiary/aromatic N) is 2. The summed E-state index contributed by atoms with van der Waals surface area (Å²) in [6, 6.07) is 11.0. The Morgan fingerprint density at radius 2 is 1.65 bits per heavy atom. The number of fused-ring (bicyclic) bond motifs is 1. The van der Waals surface area contributed by atoms with Crippen molar-refractivity contribution in [3.8, 4) is 0 Å². The molecule has 0 aliphatic carbocycles. The number of halogens is 1. The molecule has 2 aromatic carbocycles. The molecule has 0 bridgehead atoms. The smallest absolute Gasteiger partial charge is 0.414 e. The van der Waals surface area contributed by atoms with E-state index in [0.717, 1.165) is 22.0 Å². The van der Waals surface area contributed by atoms with Crippen molar-refractivity contribution in [2.24, 2.45) is 0 Å². The molecule has 2 aliphatic heterocycles. The van der Waals surface area contributed by atoms with E-state index in [1.807, 2.05) is 18.2 Å². The van der Waals surface area contributed by atoms with Crippen LogP contribution in [0.25, 0.3) is 0 Å². The third-order valence-electron chi connectivity index (χ3n) is 5.50. The first-order valence-electron chi connectivity index (χ1n) is 9.62. The largest absolute Gasteiger partial charge is 0.444 e. The van der Waals surface area contributed by atoms with Crippen molar-refractivity contribution in [2.75, 3.05) is 24.2 Å². The summed E-state index contributed by atoms with van der Waals surface area (Å²) in [5.74, 6) is 0. The molecular weight excluding hydrogens is 508 g/mol. The van der Waals surface area contributed by atoms with Crippen LogP contribution in [0, 0.1) is 0 Å². The maximum Gasteiger partial charge on any atom is 0.414 e. The summed E-state index contributed by atoms with van der Waals surface area (Å²) >= 11 is 3.42. The second-order valence-corrected chi connectivity index (χ2v) is 12.4. The Bertz CT molecular complexity index is 1240. The Morgan fingerprint density at radius 1 is 1.00 bits per heavy atom. The normalized spacial score (nSPS) is 18.5. The zero-order chi connectivity index (χ0) is 22.4. The van der Waals surface area contributed by atoms with Crippen molar-refractivity contribution in [3.63, 3.8) is 0 Å². The molecule has 0 atom stereocenters. The molecule has 0 spiro atoms. The summed E-state index contributed by atoms with van der Waals surface area (Å²) < 4.78 is 58.0. The highest BCUT2D eigenvalue weighted by Crippen LogP contribution is 2.35. The quantitative estimate of drug-likeness (QED) is 0.603. The Balaban J connectivity index is 1.57. The first-order valence-corrected chi connectivity index (χ1v) is 13.7. The van der Waals surface area contributed by atoms with Gasteiger partial charge < -0.3 is 4.74 Å². The molecule has 166 valence electrons. The van der Waals surface area contributed by atoms with E-state index >= 15 is 0 Å². The summed E-state index contributed by atoms with van der Waals surface area (Å²) in [6.07, 6.45) is 1.36. The van der Waals surface area contributed by atoms with Gasteiger partial charge in [-0.1, -0.05) is 28.1 Å². The number of hydrogen-bond acceptors (Lipinski definition) is 6. The fourth-order valence-electron chi connectivity index (χ4n) is 4.01. The predicted octanol–water partition coefficient (Wildman–Crippen LogP) is 3.16. The summed E-state index contributed by atoms with van der Waals surface area (Å²) in [5.41, 5.74) is 1.65. The van der Waals surface area contributed by atoms with E-state index < -0.39 is 26.0 Å². The monoisotopic (exact) mass is 528 g/mol. The van der Waals surface area contributed by atoms with Crippen LogP contribution in [0.4, 0.5) is 10.5 Å². The molecule has 0 aromatic heterocycles. The number of rotatable bonds is 4. The van der Waals surface area contributed by atoms with Gasteiger partial charge in [-0.2, -0.15) is 4.31 Å². The Kier molecular flexibility index (Phi) is 5.88. The minimum atomic E-state index is -4.00. The van der Waals surface area contributed by atoms with E-state index in [9.17, 15) is 21.6 Å². The van der Waals surface area contributed by atoms with Crippen LogP contribution in [-0.4, -0.2) is 52.6 Å². The number of amides is 1. The topological polar surface area (TPSA) is 101 Å². The third kappa shape index (κ3) is 4.23. The van der Waals surface area contributed by atoms with E-state index in [4.69, 9.17) is 4.74 Å². The summed E-state index contributed by atoms with van der Waals surface area (Å²) in [5, 5.41) is 0. The van der Waals surface area contributed by atoms with Crippen molar-refractivity contribution >= 4 is 47.6 Å². The zero-order valence-corrected chi connectivity index (χ0v) is 19.9. The number of sulfonamides is 1. The number of hydrogen-bond donors (Lipinski definition) is 0. The van der Waals surface area contributed by atoms with Crippen molar-refractivity contribution in [2.45, 2.75) is 35.3 Å². The second-order valence-electron chi connectivity index (χ2n) is 7.55. The summed E-state index contributed by atoms with van der Waals surface area (Å²) in [7, 11) is -7.70. The van der Waals surface area contributed by atoms with Gasteiger partial charge >= 0.3 is 6.09 Å². The zero-order valence-electron chi connectivity index (χ0n) is 16.7. The van der Waals surface area contributed by atoms with Crippen LogP contribution in [0.1, 0.15) is 18.4 Å². The number of benzene rings is 2. The number of anilines is 1. The van der Waals surface area contributed by atoms with Crippen molar-refractivity contribution in [3.05, 3.63) is 52.5 Å².